The van der Waals surface area contributed by atoms with Gasteiger partial charge in [-0.25, -0.2) is 8.42 Å². The van der Waals surface area contributed by atoms with Crippen molar-refractivity contribution in [3.63, 3.8) is 0 Å². The minimum absolute atomic E-state index is 0.00828. The van der Waals surface area contributed by atoms with E-state index < -0.39 is 16.4 Å². The Hall–Kier alpha value is -4.06. The van der Waals surface area contributed by atoms with Crippen LogP contribution >= 0.6 is 0 Å². The molecule has 2 aromatic carbocycles. The van der Waals surface area contributed by atoms with Crippen molar-refractivity contribution >= 4 is 9.84 Å². The first-order chi connectivity index (χ1) is 17.7. The molecule has 0 saturated heterocycles. The molecule has 2 aromatic heterocycles. The number of pyridine rings is 1. The highest BCUT2D eigenvalue weighted by molar-refractivity contribution is 7.90. The van der Waals surface area contributed by atoms with E-state index in [1.165, 1.54) is 41.2 Å². The maximum Gasteiger partial charge on any atom is 0.387 e. The fourth-order valence-corrected chi connectivity index (χ4v) is 4.10. The summed E-state index contributed by atoms with van der Waals surface area (Å²) in [6, 6.07) is 15.9. The molecule has 0 atom stereocenters. The number of hydrogen-bond acceptors (Lipinski definition) is 8. The summed E-state index contributed by atoms with van der Waals surface area (Å²) in [6.45, 7) is -2.41. The number of halogens is 2. The molecule has 0 spiro atoms. The lowest BCUT2D eigenvalue weighted by molar-refractivity contribution is -0.0498. The van der Waals surface area contributed by atoms with Gasteiger partial charge in [0.05, 0.1) is 24.5 Å². The van der Waals surface area contributed by atoms with Crippen LogP contribution in [0, 0.1) is 0 Å². The average molecular weight is 532 g/mol. The third-order valence-electron chi connectivity index (χ3n) is 5.16. The van der Waals surface area contributed by atoms with E-state index in [1.54, 1.807) is 30.5 Å². The van der Waals surface area contributed by atoms with Crippen molar-refractivity contribution in [2.45, 2.75) is 19.6 Å². The predicted octanol–water partition coefficient (Wildman–Crippen LogP) is 4.03. The van der Waals surface area contributed by atoms with Crippen LogP contribution < -0.4 is 15.0 Å². The molecule has 2 heterocycles. The Morgan fingerprint density at radius 3 is 2.38 bits per heavy atom. The Bertz CT molecular complexity index is 1520. The molecule has 0 fully saturated rings. The standard InChI is InChI=1S/C25H23F2N3O6S/c1-37(32,33)13-3-12-34-21-5-2-4-17(14-21)15-30-16-19(8-11-22(30)31)24-29-28-23(36-24)18-6-9-20(10-7-18)35-25(26)27/h2,4-11,14,16,25H,3,12-13,15H2,1H3. The van der Waals surface area contributed by atoms with E-state index in [4.69, 9.17) is 9.15 Å². The van der Waals surface area contributed by atoms with Gasteiger partial charge < -0.3 is 18.5 Å². The molecule has 4 aromatic rings. The van der Waals surface area contributed by atoms with E-state index in [-0.39, 0.29) is 42.0 Å². The van der Waals surface area contributed by atoms with Crippen molar-refractivity contribution in [1.82, 2.24) is 14.8 Å². The topological polar surface area (TPSA) is 114 Å². The second kappa shape index (κ2) is 11.3. The summed E-state index contributed by atoms with van der Waals surface area (Å²) in [5.74, 6) is 0.984. The van der Waals surface area contributed by atoms with Crippen LogP contribution in [0.1, 0.15) is 12.0 Å². The van der Waals surface area contributed by atoms with E-state index in [0.717, 1.165) is 5.56 Å². The second-order valence-corrected chi connectivity index (χ2v) is 10.4. The molecule has 0 aliphatic rings. The normalized spacial score (nSPS) is 11.6. The molecule has 0 saturated carbocycles. The van der Waals surface area contributed by atoms with Crippen LogP contribution in [0.5, 0.6) is 11.5 Å². The fraction of sp³-hybridized carbons (Fsp3) is 0.240. The number of aromatic nitrogens is 3. The highest BCUT2D eigenvalue weighted by Gasteiger charge is 2.13. The van der Waals surface area contributed by atoms with Gasteiger partial charge in [0.25, 0.3) is 5.56 Å². The molecule has 0 amide bonds. The van der Waals surface area contributed by atoms with Gasteiger partial charge in [0.15, 0.2) is 0 Å². The van der Waals surface area contributed by atoms with E-state index in [0.29, 0.717) is 23.3 Å². The van der Waals surface area contributed by atoms with E-state index >= 15 is 0 Å². The molecular weight excluding hydrogens is 508 g/mol. The number of rotatable bonds is 11. The summed E-state index contributed by atoms with van der Waals surface area (Å²) < 4.78 is 64.4. The minimum Gasteiger partial charge on any atom is -0.494 e. The fourth-order valence-electron chi connectivity index (χ4n) is 3.46. The summed E-state index contributed by atoms with van der Waals surface area (Å²) in [6.07, 6.45) is 3.16. The molecule has 0 radical (unpaired) electrons. The first kappa shape index (κ1) is 26.0. The van der Waals surface area contributed by atoms with Crippen LogP contribution in [-0.4, -0.2) is 48.4 Å². The van der Waals surface area contributed by atoms with Crippen LogP contribution in [0.2, 0.25) is 0 Å². The molecule has 0 aliphatic heterocycles. The number of hydrogen-bond donors (Lipinski definition) is 0. The SMILES string of the molecule is CS(=O)(=O)CCCOc1cccc(Cn2cc(-c3nnc(-c4ccc(OC(F)F)cc4)o3)ccc2=O)c1. The zero-order valence-corrected chi connectivity index (χ0v) is 20.5. The molecule has 9 nitrogen and oxygen atoms in total. The first-order valence-electron chi connectivity index (χ1n) is 11.2. The highest BCUT2D eigenvalue weighted by Crippen LogP contribution is 2.26. The van der Waals surface area contributed by atoms with Gasteiger partial charge in [-0.3, -0.25) is 4.79 Å². The van der Waals surface area contributed by atoms with E-state index in [1.807, 2.05) is 6.07 Å². The maximum atomic E-state index is 12.5. The Kier molecular flexibility index (Phi) is 7.97. The highest BCUT2D eigenvalue weighted by atomic mass is 32.2. The number of benzene rings is 2. The van der Waals surface area contributed by atoms with Gasteiger partial charge in [-0.2, -0.15) is 8.78 Å². The minimum atomic E-state index is -3.04. The molecule has 0 unspecified atom stereocenters. The summed E-state index contributed by atoms with van der Waals surface area (Å²) >= 11 is 0. The summed E-state index contributed by atoms with van der Waals surface area (Å²) in [7, 11) is -3.04. The van der Waals surface area contributed by atoms with E-state index in [2.05, 4.69) is 14.9 Å². The van der Waals surface area contributed by atoms with Crippen molar-refractivity contribution in [2.24, 2.45) is 0 Å². The Balaban J connectivity index is 1.46. The Morgan fingerprint density at radius 1 is 0.973 bits per heavy atom. The van der Waals surface area contributed by atoms with Crippen molar-refractivity contribution < 1.29 is 31.1 Å². The maximum absolute atomic E-state index is 12.5. The molecule has 4 rings (SSSR count). The van der Waals surface area contributed by atoms with Crippen LogP contribution in [0.4, 0.5) is 8.78 Å². The number of alkyl halides is 2. The lowest BCUT2D eigenvalue weighted by Gasteiger charge is -2.10. The van der Waals surface area contributed by atoms with Gasteiger partial charge in [-0.05, 0) is 54.4 Å². The van der Waals surface area contributed by atoms with E-state index in [9.17, 15) is 22.0 Å². The van der Waals surface area contributed by atoms with Crippen LogP contribution in [0.25, 0.3) is 22.9 Å². The lowest BCUT2D eigenvalue weighted by Crippen LogP contribution is -2.19. The monoisotopic (exact) mass is 531 g/mol. The first-order valence-corrected chi connectivity index (χ1v) is 13.2. The smallest absolute Gasteiger partial charge is 0.387 e. The Morgan fingerprint density at radius 2 is 1.68 bits per heavy atom. The molecule has 37 heavy (non-hydrogen) atoms. The lowest BCUT2D eigenvalue weighted by atomic mass is 10.2. The van der Waals surface area contributed by atoms with Crippen molar-refractivity contribution in [2.75, 3.05) is 18.6 Å². The third-order valence-corrected chi connectivity index (χ3v) is 6.19. The second-order valence-electron chi connectivity index (χ2n) is 8.18. The molecule has 0 N–H and O–H groups in total. The van der Waals surface area contributed by atoms with Gasteiger partial charge in [0.2, 0.25) is 11.8 Å². The zero-order chi connectivity index (χ0) is 26.4. The number of sulfone groups is 1. The molecule has 0 bridgehead atoms. The van der Waals surface area contributed by atoms with Crippen molar-refractivity contribution in [3.05, 3.63) is 82.8 Å². The van der Waals surface area contributed by atoms with Gasteiger partial charge in [-0.1, -0.05) is 12.1 Å². The summed E-state index contributed by atoms with van der Waals surface area (Å²) in [4.78, 5) is 12.5. The zero-order valence-electron chi connectivity index (χ0n) is 19.7. The largest absolute Gasteiger partial charge is 0.494 e. The van der Waals surface area contributed by atoms with Crippen molar-refractivity contribution in [1.29, 1.82) is 0 Å². The average Bonchev–Trinajstić information content (AvgIpc) is 3.33. The molecule has 194 valence electrons. The quantitative estimate of drug-likeness (QED) is 0.267. The summed E-state index contributed by atoms with van der Waals surface area (Å²) in [5, 5.41) is 8.04. The van der Waals surface area contributed by atoms with Gasteiger partial charge in [-0.15, -0.1) is 10.2 Å². The van der Waals surface area contributed by atoms with Gasteiger partial charge in [0, 0.05) is 24.1 Å². The number of nitrogens with zero attached hydrogens (tertiary/aromatic N) is 3. The van der Waals surface area contributed by atoms with Crippen LogP contribution in [0.3, 0.4) is 0 Å². The predicted molar refractivity (Wildman–Crippen MR) is 131 cm³/mol. The summed E-state index contributed by atoms with van der Waals surface area (Å²) in [5.41, 5.74) is 1.60. The van der Waals surface area contributed by atoms with Crippen molar-refractivity contribution in [3.8, 4) is 34.4 Å². The van der Waals surface area contributed by atoms with Crippen LogP contribution in [0.15, 0.2) is 76.1 Å². The number of ether oxygens (including phenoxy) is 2. The van der Waals surface area contributed by atoms with Crippen LogP contribution in [-0.2, 0) is 16.4 Å². The van der Waals surface area contributed by atoms with Gasteiger partial charge >= 0.3 is 6.61 Å². The molecular formula is C25H23F2N3O6S. The third kappa shape index (κ3) is 7.46. The van der Waals surface area contributed by atoms with Gasteiger partial charge in [0.1, 0.15) is 21.3 Å². The molecule has 0 aliphatic carbocycles. The Labute approximate surface area is 211 Å². The molecule has 12 heteroatoms.